The van der Waals surface area contributed by atoms with Crippen LogP contribution in [0.3, 0.4) is 0 Å². The third-order valence-corrected chi connectivity index (χ3v) is 2.88. The largest absolute Gasteiger partial charge is 0.478 e. The minimum atomic E-state index is -4.61. The number of halogens is 3. The second-order valence-electron chi connectivity index (χ2n) is 4.49. The van der Waals surface area contributed by atoms with Gasteiger partial charge in [-0.05, 0) is 24.6 Å². The van der Waals surface area contributed by atoms with Crippen molar-refractivity contribution in [1.82, 2.24) is 4.90 Å². The quantitative estimate of drug-likeness (QED) is 0.716. The third kappa shape index (κ3) is 3.27. The smallest absolute Gasteiger partial charge is 0.449 e. The van der Waals surface area contributed by atoms with Crippen LogP contribution in [0, 0.1) is 5.92 Å². The zero-order chi connectivity index (χ0) is 11.6. The molecule has 0 N–H and O–H groups in total. The van der Waals surface area contributed by atoms with Gasteiger partial charge in [0, 0.05) is 6.54 Å². The van der Waals surface area contributed by atoms with Crippen molar-refractivity contribution >= 4 is 6.98 Å². The van der Waals surface area contributed by atoms with Crippen LogP contribution in [0.5, 0.6) is 0 Å². The van der Waals surface area contributed by atoms with E-state index in [0.29, 0.717) is 13.1 Å². The highest BCUT2D eigenvalue weighted by Crippen LogP contribution is 2.28. The van der Waals surface area contributed by atoms with Gasteiger partial charge in [0.2, 0.25) is 0 Å². The van der Waals surface area contributed by atoms with Crippen molar-refractivity contribution in [2.45, 2.75) is 12.9 Å². The maximum Gasteiger partial charge on any atom is 0.478 e. The van der Waals surface area contributed by atoms with Gasteiger partial charge in [-0.3, -0.25) is 4.90 Å². The number of nitrogens with zero attached hydrogens (tertiary/aromatic N) is 1. The van der Waals surface area contributed by atoms with E-state index in [1.54, 1.807) is 0 Å². The zero-order valence-corrected chi connectivity index (χ0v) is 8.95. The van der Waals surface area contributed by atoms with Gasteiger partial charge in [0.25, 0.3) is 0 Å². The molecule has 0 spiro atoms. The SMILES string of the molecule is F[B-](F)(F)CC1CN(Cc2ccccc2)C1. The maximum atomic E-state index is 12.1. The number of likely N-dealkylation sites (tertiary alicyclic amines) is 1. The summed E-state index contributed by atoms with van der Waals surface area (Å²) in [5.74, 6) is -0.177. The van der Waals surface area contributed by atoms with Gasteiger partial charge in [0.1, 0.15) is 0 Å². The zero-order valence-electron chi connectivity index (χ0n) is 8.95. The van der Waals surface area contributed by atoms with Crippen molar-refractivity contribution in [3.63, 3.8) is 0 Å². The highest BCUT2D eigenvalue weighted by atomic mass is 19.4. The van der Waals surface area contributed by atoms with Crippen LogP contribution in [-0.4, -0.2) is 25.0 Å². The van der Waals surface area contributed by atoms with Gasteiger partial charge in [0.05, 0.1) is 0 Å². The van der Waals surface area contributed by atoms with E-state index in [-0.39, 0.29) is 5.92 Å². The van der Waals surface area contributed by atoms with Crippen LogP contribution < -0.4 is 0 Å². The second-order valence-corrected chi connectivity index (χ2v) is 4.49. The van der Waals surface area contributed by atoms with Crippen molar-refractivity contribution in [1.29, 1.82) is 0 Å². The summed E-state index contributed by atoms with van der Waals surface area (Å²) in [6, 6.07) is 9.84. The van der Waals surface area contributed by atoms with Gasteiger partial charge >= 0.3 is 6.98 Å². The molecule has 1 aliphatic rings. The van der Waals surface area contributed by atoms with Crippen LogP contribution in [0.2, 0.25) is 6.32 Å². The number of hydrogen-bond donors (Lipinski definition) is 0. The molecule has 2 rings (SSSR count). The van der Waals surface area contributed by atoms with Crippen molar-refractivity contribution < 1.29 is 12.9 Å². The average Bonchev–Trinajstić information content (AvgIpc) is 2.14. The Kier molecular flexibility index (Phi) is 3.24. The first kappa shape index (κ1) is 11.5. The molecule has 0 radical (unpaired) electrons. The number of rotatable bonds is 4. The summed E-state index contributed by atoms with van der Waals surface area (Å²) in [4.78, 5) is 2.06. The molecule has 88 valence electrons. The standard InChI is InChI=1S/C11H14BF3N/c13-12(14,15)6-11-8-16(9-11)7-10-4-2-1-3-5-10/h1-5,11H,6-9H2/q-1. The molecule has 1 aromatic carbocycles. The molecule has 0 atom stereocenters. The lowest BCUT2D eigenvalue weighted by molar-refractivity contribution is 0.0991. The van der Waals surface area contributed by atoms with Crippen LogP contribution in [0.15, 0.2) is 30.3 Å². The first-order valence-electron chi connectivity index (χ1n) is 5.50. The molecule has 0 amide bonds. The molecule has 1 saturated heterocycles. The Bertz CT molecular complexity index is 333. The molecular formula is C11H14BF3N-. The minimum Gasteiger partial charge on any atom is -0.449 e. The number of benzene rings is 1. The van der Waals surface area contributed by atoms with Crippen LogP contribution in [0.4, 0.5) is 12.9 Å². The van der Waals surface area contributed by atoms with Gasteiger partial charge in [-0.15, -0.1) is 0 Å². The van der Waals surface area contributed by atoms with E-state index in [1.807, 2.05) is 30.3 Å². The van der Waals surface area contributed by atoms with E-state index >= 15 is 0 Å². The van der Waals surface area contributed by atoms with Gasteiger partial charge < -0.3 is 12.9 Å². The Labute approximate surface area is 93.3 Å². The molecule has 0 unspecified atom stereocenters. The van der Waals surface area contributed by atoms with Gasteiger partial charge in [-0.1, -0.05) is 36.7 Å². The van der Waals surface area contributed by atoms with E-state index in [9.17, 15) is 12.9 Å². The lowest BCUT2D eigenvalue weighted by atomic mass is 9.75. The number of hydrogen-bond acceptors (Lipinski definition) is 1. The molecule has 5 heteroatoms. The molecule has 1 aliphatic heterocycles. The fraction of sp³-hybridized carbons (Fsp3) is 0.455. The first-order valence-corrected chi connectivity index (χ1v) is 5.50. The van der Waals surface area contributed by atoms with Crippen molar-refractivity contribution in [2.24, 2.45) is 5.92 Å². The summed E-state index contributed by atoms with van der Waals surface area (Å²) in [7, 11) is 0. The molecule has 0 saturated carbocycles. The highest BCUT2D eigenvalue weighted by Gasteiger charge is 2.34. The van der Waals surface area contributed by atoms with Gasteiger partial charge in [-0.25, -0.2) is 0 Å². The molecule has 0 bridgehead atoms. The Morgan fingerprint density at radius 2 is 1.75 bits per heavy atom. The van der Waals surface area contributed by atoms with Crippen molar-refractivity contribution in [3.8, 4) is 0 Å². The van der Waals surface area contributed by atoms with E-state index in [4.69, 9.17) is 0 Å². The molecular weight excluding hydrogens is 214 g/mol. The van der Waals surface area contributed by atoms with E-state index in [0.717, 1.165) is 6.54 Å². The Morgan fingerprint density at radius 3 is 2.31 bits per heavy atom. The minimum absolute atomic E-state index is 0.177. The molecule has 1 nitrogen and oxygen atoms in total. The Morgan fingerprint density at radius 1 is 1.12 bits per heavy atom. The van der Waals surface area contributed by atoms with Crippen LogP contribution in [-0.2, 0) is 6.54 Å². The Hall–Kier alpha value is -0.965. The van der Waals surface area contributed by atoms with Crippen molar-refractivity contribution in [2.75, 3.05) is 13.1 Å². The summed E-state index contributed by atoms with van der Waals surface area (Å²) >= 11 is 0. The summed E-state index contributed by atoms with van der Waals surface area (Å²) in [5.41, 5.74) is 1.17. The Balaban J connectivity index is 1.73. The molecule has 16 heavy (non-hydrogen) atoms. The highest BCUT2D eigenvalue weighted by molar-refractivity contribution is 6.58. The van der Waals surface area contributed by atoms with Gasteiger partial charge in [-0.2, -0.15) is 0 Å². The summed E-state index contributed by atoms with van der Waals surface area (Å²) in [6.45, 7) is -2.68. The van der Waals surface area contributed by atoms with Crippen LogP contribution in [0.25, 0.3) is 0 Å². The fourth-order valence-corrected chi connectivity index (χ4v) is 2.17. The van der Waals surface area contributed by atoms with Crippen LogP contribution >= 0.6 is 0 Å². The second kappa shape index (κ2) is 4.49. The summed E-state index contributed by atoms with van der Waals surface area (Å²) in [6.07, 6.45) is -0.578. The lowest BCUT2D eigenvalue weighted by Gasteiger charge is -2.41. The van der Waals surface area contributed by atoms with E-state index in [1.165, 1.54) is 5.56 Å². The van der Waals surface area contributed by atoms with E-state index < -0.39 is 13.3 Å². The molecule has 1 aromatic rings. The lowest BCUT2D eigenvalue weighted by Crippen LogP contribution is -2.47. The third-order valence-electron chi connectivity index (χ3n) is 2.88. The molecule has 1 heterocycles. The maximum absolute atomic E-state index is 12.1. The topological polar surface area (TPSA) is 3.24 Å². The predicted molar refractivity (Wildman–Crippen MR) is 59.1 cm³/mol. The fourth-order valence-electron chi connectivity index (χ4n) is 2.17. The molecule has 1 fully saturated rings. The van der Waals surface area contributed by atoms with Crippen LogP contribution in [0.1, 0.15) is 5.56 Å². The summed E-state index contributed by atoms with van der Waals surface area (Å²) < 4.78 is 36.4. The predicted octanol–water partition coefficient (Wildman–Crippen LogP) is 2.97. The molecule has 0 aromatic heterocycles. The van der Waals surface area contributed by atoms with Gasteiger partial charge in [0.15, 0.2) is 0 Å². The van der Waals surface area contributed by atoms with Crippen molar-refractivity contribution in [3.05, 3.63) is 35.9 Å². The monoisotopic (exact) mass is 228 g/mol. The molecule has 0 aliphatic carbocycles. The first-order chi connectivity index (χ1) is 7.53. The average molecular weight is 228 g/mol. The summed E-state index contributed by atoms with van der Waals surface area (Å²) in [5, 5.41) is 0. The van der Waals surface area contributed by atoms with E-state index in [2.05, 4.69) is 4.90 Å². The normalized spacial score (nSPS) is 18.4.